The van der Waals surface area contributed by atoms with E-state index in [0.29, 0.717) is 6.42 Å². The van der Waals surface area contributed by atoms with E-state index in [-0.39, 0.29) is 5.97 Å². The van der Waals surface area contributed by atoms with E-state index in [2.05, 4.69) is 26.0 Å². The first-order chi connectivity index (χ1) is 9.71. The van der Waals surface area contributed by atoms with Crippen LogP contribution in [0.5, 0.6) is 5.75 Å². The molecule has 0 aromatic heterocycles. The molecule has 0 amide bonds. The number of unbranched alkanes of at least 4 members (excludes halogenated alkanes) is 2. The van der Waals surface area contributed by atoms with Crippen LogP contribution in [0.1, 0.15) is 51.5 Å². The molecule has 0 aliphatic heterocycles. The molecule has 20 heavy (non-hydrogen) atoms. The Kier molecular flexibility index (Phi) is 7.78. The second kappa shape index (κ2) is 9.40. The number of rotatable bonds is 9. The van der Waals surface area contributed by atoms with E-state index in [1.807, 2.05) is 12.1 Å². The Balaban J connectivity index is 2.60. The van der Waals surface area contributed by atoms with E-state index in [0.717, 1.165) is 25.0 Å². The Morgan fingerprint density at radius 3 is 2.30 bits per heavy atom. The van der Waals surface area contributed by atoms with Crippen LogP contribution in [0.15, 0.2) is 24.3 Å². The molecule has 0 saturated carbocycles. The molecule has 0 bridgehead atoms. The van der Waals surface area contributed by atoms with Gasteiger partial charge in [0.25, 0.3) is 0 Å². The predicted molar refractivity (Wildman–Crippen MR) is 81.0 cm³/mol. The van der Waals surface area contributed by atoms with E-state index >= 15 is 0 Å². The lowest BCUT2D eigenvalue weighted by Gasteiger charge is -2.16. The number of hydrogen-bond acceptors (Lipinski definition) is 3. The molecule has 0 aliphatic carbocycles. The molecule has 0 fully saturated rings. The van der Waals surface area contributed by atoms with Crippen molar-refractivity contribution >= 4 is 5.97 Å². The minimum atomic E-state index is -0.499. The first-order valence-electron chi connectivity index (χ1n) is 7.54. The first-order valence-corrected chi connectivity index (χ1v) is 7.54. The molecule has 112 valence electrons. The Labute approximate surface area is 122 Å². The number of carbonyl (C=O) groups excluding carboxylic acids is 1. The smallest absolute Gasteiger partial charge is 0.347 e. The van der Waals surface area contributed by atoms with Gasteiger partial charge in [0.15, 0.2) is 6.10 Å². The van der Waals surface area contributed by atoms with Gasteiger partial charge in [-0.05, 0) is 43.4 Å². The van der Waals surface area contributed by atoms with Crippen molar-refractivity contribution in [2.45, 2.75) is 58.5 Å². The topological polar surface area (TPSA) is 35.5 Å². The number of carbonyl (C=O) groups is 1. The first kappa shape index (κ1) is 16.5. The summed E-state index contributed by atoms with van der Waals surface area (Å²) in [6.07, 6.45) is 5.66. The highest BCUT2D eigenvalue weighted by Crippen LogP contribution is 2.18. The standard InChI is InChI=1S/C17H26O3/c1-4-6-8-14-10-12-15(13-11-14)20-16(9-7-5-2)17(18)19-3/h10-13,16H,4-9H2,1-3H3. The average molecular weight is 278 g/mol. The molecule has 1 aromatic carbocycles. The van der Waals surface area contributed by atoms with E-state index in [1.54, 1.807) is 0 Å². The van der Waals surface area contributed by atoms with Gasteiger partial charge in [0.05, 0.1) is 7.11 Å². The van der Waals surface area contributed by atoms with Crippen LogP contribution in [-0.4, -0.2) is 19.2 Å². The van der Waals surface area contributed by atoms with Crippen molar-refractivity contribution in [1.29, 1.82) is 0 Å². The molecule has 1 aromatic rings. The van der Waals surface area contributed by atoms with Crippen LogP contribution < -0.4 is 4.74 Å². The van der Waals surface area contributed by atoms with Crippen LogP contribution in [0.3, 0.4) is 0 Å². The number of ether oxygens (including phenoxy) is 2. The number of esters is 1. The maximum atomic E-state index is 11.7. The van der Waals surface area contributed by atoms with Gasteiger partial charge in [-0.25, -0.2) is 4.79 Å². The molecular formula is C17H26O3. The molecule has 0 aliphatic rings. The second-order valence-corrected chi connectivity index (χ2v) is 5.02. The summed E-state index contributed by atoms with van der Waals surface area (Å²) in [4.78, 5) is 11.7. The highest BCUT2D eigenvalue weighted by Gasteiger charge is 2.20. The summed E-state index contributed by atoms with van der Waals surface area (Å²) >= 11 is 0. The third-order valence-corrected chi connectivity index (χ3v) is 3.30. The van der Waals surface area contributed by atoms with Crippen LogP contribution in [0.4, 0.5) is 0 Å². The van der Waals surface area contributed by atoms with Crippen LogP contribution in [0.25, 0.3) is 0 Å². The van der Waals surface area contributed by atoms with Crippen LogP contribution >= 0.6 is 0 Å². The summed E-state index contributed by atoms with van der Waals surface area (Å²) in [5, 5.41) is 0. The summed E-state index contributed by atoms with van der Waals surface area (Å²) in [5.74, 6) is 0.435. The molecule has 0 spiro atoms. The number of aryl methyl sites for hydroxylation is 1. The van der Waals surface area contributed by atoms with Gasteiger partial charge in [-0.2, -0.15) is 0 Å². The molecule has 0 heterocycles. The van der Waals surface area contributed by atoms with Gasteiger partial charge in [-0.15, -0.1) is 0 Å². The Bertz CT molecular complexity index is 384. The second-order valence-electron chi connectivity index (χ2n) is 5.02. The molecule has 3 heteroatoms. The molecule has 0 N–H and O–H groups in total. The lowest BCUT2D eigenvalue weighted by molar-refractivity contribution is -0.149. The Morgan fingerprint density at radius 2 is 1.75 bits per heavy atom. The fourth-order valence-electron chi connectivity index (χ4n) is 2.03. The van der Waals surface area contributed by atoms with Crippen LogP contribution in [0.2, 0.25) is 0 Å². The number of methoxy groups -OCH3 is 1. The average Bonchev–Trinajstić information content (AvgIpc) is 2.49. The molecular weight excluding hydrogens is 252 g/mol. The quantitative estimate of drug-likeness (QED) is 0.637. The molecule has 1 unspecified atom stereocenters. The normalized spacial score (nSPS) is 11.9. The molecule has 1 atom stereocenters. The van der Waals surface area contributed by atoms with Crippen molar-refractivity contribution in [2.75, 3.05) is 7.11 Å². The third kappa shape index (κ3) is 5.64. The van der Waals surface area contributed by atoms with Gasteiger partial charge in [-0.1, -0.05) is 38.8 Å². The van der Waals surface area contributed by atoms with Crippen molar-refractivity contribution in [1.82, 2.24) is 0 Å². The molecule has 0 saturated heterocycles. The number of hydrogen-bond donors (Lipinski definition) is 0. The summed E-state index contributed by atoms with van der Waals surface area (Å²) in [6.45, 7) is 4.28. The van der Waals surface area contributed by atoms with E-state index < -0.39 is 6.10 Å². The predicted octanol–water partition coefficient (Wildman–Crippen LogP) is 4.14. The van der Waals surface area contributed by atoms with Crippen molar-refractivity contribution in [2.24, 2.45) is 0 Å². The lowest BCUT2D eigenvalue weighted by Crippen LogP contribution is -2.28. The van der Waals surface area contributed by atoms with Crippen molar-refractivity contribution in [3.63, 3.8) is 0 Å². The lowest BCUT2D eigenvalue weighted by atomic mass is 10.1. The van der Waals surface area contributed by atoms with Gasteiger partial charge in [0.1, 0.15) is 5.75 Å². The summed E-state index contributed by atoms with van der Waals surface area (Å²) < 4.78 is 10.5. The highest BCUT2D eigenvalue weighted by molar-refractivity contribution is 5.74. The highest BCUT2D eigenvalue weighted by atomic mass is 16.6. The largest absolute Gasteiger partial charge is 0.479 e. The zero-order valence-corrected chi connectivity index (χ0v) is 12.9. The SMILES string of the molecule is CCCCc1ccc(OC(CCCC)C(=O)OC)cc1. The summed E-state index contributed by atoms with van der Waals surface area (Å²) in [6, 6.07) is 8.01. The fraction of sp³-hybridized carbons (Fsp3) is 0.588. The van der Waals surface area contributed by atoms with Crippen molar-refractivity contribution in [3.8, 4) is 5.75 Å². The minimum Gasteiger partial charge on any atom is -0.479 e. The van der Waals surface area contributed by atoms with Crippen molar-refractivity contribution in [3.05, 3.63) is 29.8 Å². The number of benzene rings is 1. The van der Waals surface area contributed by atoms with Gasteiger partial charge >= 0.3 is 5.97 Å². The van der Waals surface area contributed by atoms with Gasteiger partial charge in [0, 0.05) is 0 Å². The van der Waals surface area contributed by atoms with Crippen LogP contribution in [-0.2, 0) is 16.0 Å². The van der Waals surface area contributed by atoms with Gasteiger partial charge in [-0.3, -0.25) is 0 Å². The maximum absolute atomic E-state index is 11.7. The third-order valence-electron chi connectivity index (χ3n) is 3.30. The summed E-state index contributed by atoms with van der Waals surface area (Å²) in [5.41, 5.74) is 1.31. The zero-order chi connectivity index (χ0) is 14.8. The zero-order valence-electron chi connectivity index (χ0n) is 12.9. The monoisotopic (exact) mass is 278 g/mol. The molecule has 1 rings (SSSR count). The van der Waals surface area contributed by atoms with Crippen molar-refractivity contribution < 1.29 is 14.3 Å². The van der Waals surface area contributed by atoms with Gasteiger partial charge < -0.3 is 9.47 Å². The molecule has 0 radical (unpaired) electrons. The Hall–Kier alpha value is -1.51. The minimum absolute atomic E-state index is 0.298. The Morgan fingerprint density at radius 1 is 1.10 bits per heavy atom. The maximum Gasteiger partial charge on any atom is 0.347 e. The molecule has 3 nitrogen and oxygen atoms in total. The van der Waals surface area contributed by atoms with Crippen LogP contribution in [0, 0.1) is 0 Å². The fourth-order valence-corrected chi connectivity index (χ4v) is 2.03. The van der Waals surface area contributed by atoms with E-state index in [1.165, 1.54) is 25.5 Å². The van der Waals surface area contributed by atoms with E-state index in [4.69, 9.17) is 9.47 Å². The van der Waals surface area contributed by atoms with E-state index in [9.17, 15) is 4.79 Å². The van der Waals surface area contributed by atoms with Gasteiger partial charge in [0.2, 0.25) is 0 Å². The summed E-state index contributed by atoms with van der Waals surface area (Å²) in [7, 11) is 1.40.